The van der Waals surface area contributed by atoms with Gasteiger partial charge < -0.3 is 5.32 Å². The molecule has 0 aliphatic rings. The van der Waals surface area contributed by atoms with E-state index in [0.29, 0.717) is 13.0 Å². The topological polar surface area (TPSA) is 29.1 Å². The summed E-state index contributed by atoms with van der Waals surface area (Å²) in [4.78, 5) is 11.3. The van der Waals surface area contributed by atoms with Crippen LogP contribution < -0.4 is 5.32 Å². The zero-order valence-electron chi connectivity index (χ0n) is 9.33. The third kappa shape index (κ3) is 5.42. The maximum atomic E-state index is 11.3. The zero-order chi connectivity index (χ0) is 11.8. The van der Waals surface area contributed by atoms with Crippen molar-refractivity contribution in [3.05, 3.63) is 34.9 Å². The molecular formula is C12H16ClNOS. The van der Waals surface area contributed by atoms with Crippen LogP contribution in [0.5, 0.6) is 0 Å². The molecule has 1 rings (SSSR count). The van der Waals surface area contributed by atoms with E-state index >= 15 is 0 Å². The Morgan fingerprint density at radius 3 is 2.69 bits per heavy atom. The first-order valence-electron chi connectivity index (χ1n) is 5.22. The molecule has 0 bridgehead atoms. The van der Waals surface area contributed by atoms with E-state index < -0.39 is 0 Å². The highest BCUT2D eigenvalue weighted by molar-refractivity contribution is 7.98. The molecule has 0 fully saturated rings. The average Bonchev–Trinajstić information content (AvgIpc) is 2.29. The molecule has 0 saturated carbocycles. The summed E-state index contributed by atoms with van der Waals surface area (Å²) in [7, 11) is 0. The minimum atomic E-state index is 0.128. The highest BCUT2D eigenvalue weighted by atomic mass is 35.5. The summed E-state index contributed by atoms with van der Waals surface area (Å²) in [5.74, 6) is 1.01. The molecule has 0 radical (unpaired) electrons. The lowest BCUT2D eigenvalue weighted by Gasteiger charge is -2.04. The highest BCUT2D eigenvalue weighted by Crippen LogP contribution is 2.09. The number of hydrogen-bond acceptors (Lipinski definition) is 2. The van der Waals surface area contributed by atoms with Crippen LogP contribution in [0, 0.1) is 0 Å². The van der Waals surface area contributed by atoms with Crippen molar-refractivity contribution in [1.82, 2.24) is 5.32 Å². The van der Waals surface area contributed by atoms with E-state index in [1.165, 1.54) is 5.56 Å². The van der Waals surface area contributed by atoms with Crippen molar-refractivity contribution < 1.29 is 4.79 Å². The first kappa shape index (κ1) is 13.4. The van der Waals surface area contributed by atoms with Crippen LogP contribution in [0.4, 0.5) is 0 Å². The predicted octanol–water partition coefficient (Wildman–Crippen LogP) is 2.75. The van der Waals surface area contributed by atoms with Gasteiger partial charge in [-0.3, -0.25) is 4.79 Å². The molecule has 4 heteroatoms. The van der Waals surface area contributed by atoms with Gasteiger partial charge >= 0.3 is 0 Å². The van der Waals surface area contributed by atoms with Gasteiger partial charge in [0.15, 0.2) is 0 Å². The Bertz CT molecular complexity index is 326. The van der Waals surface area contributed by atoms with Gasteiger partial charge in [0.1, 0.15) is 0 Å². The molecule has 2 nitrogen and oxygen atoms in total. The van der Waals surface area contributed by atoms with Crippen LogP contribution in [0.25, 0.3) is 0 Å². The summed E-state index contributed by atoms with van der Waals surface area (Å²) in [6.07, 6.45) is 3.45. The first-order valence-corrected chi connectivity index (χ1v) is 6.99. The third-order valence-corrected chi connectivity index (χ3v) is 3.05. The summed E-state index contributed by atoms with van der Waals surface area (Å²) in [5, 5.41) is 3.64. The van der Waals surface area contributed by atoms with E-state index in [0.717, 1.165) is 17.2 Å². The smallest absolute Gasteiger partial charge is 0.220 e. The van der Waals surface area contributed by atoms with Crippen molar-refractivity contribution in [1.29, 1.82) is 0 Å². The Kier molecular flexibility index (Phi) is 6.34. The van der Waals surface area contributed by atoms with E-state index in [1.54, 1.807) is 11.8 Å². The number of benzene rings is 1. The van der Waals surface area contributed by atoms with Gasteiger partial charge in [0, 0.05) is 23.7 Å². The lowest BCUT2D eigenvalue weighted by Crippen LogP contribution is -2.25. The Labute approximate surface area is 106 Å². The average molecular weight is 258 g/mol. The summed E-state index contributed by atoms with van der Waals surface area (Å²) in [5.41, 5.74) is 1.19. The van der Waals surface area contributed by atoms with Crippen LogP contribution in [-0.4, -0.2) is 24.5 Å². The maximum Gasteiger partial charge on any atom is 0.220 e. The molecule has 16 heavy (non-hydrogen) atoms. The lowest BCUT2D eigenvalue weighted by atomic mass is 10.1. The monoisotopic (exact) mass is 257 g/mol. The maximum absolute atomic E-state index is 11.3. The minimum Gasteiger partial charge on any atom is -0.356 e. The first-order chi connectivity index (χ1) is 7.72. The van der Waals surface area contributed by atoms with Crippen molar-refractivity contribution in [2.75, 3.05) is 18.6 Å². The van der Waals surface area contributed by atoms with Crippen LogP contribution in [0.1, 0.15) is 12.0 Å². The fourth-order valence-corrected chi connectivity index (χ4v) is 1.80. The Morgan fingerprint density at radius 1 is 1.38 bits per heavy atom. The Morgan fingerprint density at radius 2 is 2.06 bits per heavy atom. The van der Waals surface area contributed by atoms with Crippen molar-refractivity contribution in [3.63, 3.8) is 0 Å². The molecule has 1 amide bonds. The Balaban J connectivity index is 2.20. The van der Waals surface area contributed by atoms with Gasteiger partial charge in [0.2, 0.25) is 5.91 Å². The van der Waals surface area contributed by atoms with Crippen LogP contribution in [0.3, 0.4) is 0 Å². The van der Waals surface area contributed by atoms with E-state index in [4.69, 9.17) is 11.6 Å². The molecule has 0 aliphatic carbocycles. The highest BCUT2D eigenvalue weighted by Gasteiger charge is 1.99. The molecule has 88 valence electrons. The zero-order valence-corrected chi connectivity index (χ0v) is 10.9. The quantitative estimate of drug-likeness (QED) is 0.849. The molecule has 0 atom stereocenters. The van der Waals surface area contributed by atoms with E-state index in [2.05, 4.69) is 5.32 Å². The number of halogens is 1. The van der Waals surface area contributed by atoms with Gasteiger partial charge in [-0.2, -0.15) is 11.8 Å². The molecule has 1 aromatic carbocycles. The SMILES string of the molecule is CSCCC(=O)NCCc1ccc(Cl)cc1. The largest absolute Gasteiger partial charge is 0.356 e. The van der Waals surface area contributed by atoms with Crippen molar-refractivity contribution in [2.24, 2.45) is 0 Å². The van der Waals surface area contributed by atoms with Crippen LogP contribution in [0.2, 0.25) is 5.02 Å². The number of carbonyl (C=O) groups excluding carboxylic acids is 1. The second kappa shape index (κ2) is 7.58. The number of rotatable bonds is 6. The standard InChI is InChI=1S/C12H16ClNOS/c1-16-9-7-12(15)14-8-6-10-2-4-11(13)5-3-10/h2-5H,6-9H2,1H3,(H,14,15). The summed E-state index contributed by atoms with van der Waals surface area (Å²) < 4.78 is 0. The van der Waals surface area contributed by atoms with Crippen LogP contribution in [0.15, 0.2) is 24.3 Å². The molecule has 0 saturated heterocycles. The molecule has 0 heterocycles. The van der Waals surface area contributed by atoms with E-state index in [1.807, 2.05) is 30.5 Å². The number of amides is 1. The van der Waals surface area contributed by atoms with E-state index in [-0.39, 0.29) is 5.91 Å². The van der Waals surface area contributed by atoms with Crippen molar-refractivity contribution in [3.8, 4) is 0 Å². The molecule has 0 aliphatic heterocycles. The van der Waals surface area contributed by atoms with Crippen LogP contribution in [-0.2, 0) is 11.2 Å². The number of thioether (sulfide) groups is 1. The summed E-state index contributed by atoms with van der Waals surface area (Å²) in [6.45, 7) is 0.689. The van der Waals surface area contributed by atoms with E-state index in [9.17, 15) is 4.79 Å². The summed E-state index contributed by atoms with van der Waals surface area (Å²) in [6, 6.07) is 7.70. The van der Waals surface area contributed by atoms with Gasteiger partial charge in [0.25, 0.3) is 0 Å². The molecule has 0 unspecified atom stereocenters. The van der Waals surface area contributed by atoms with Crippen LogP contribution >= 0.6 is 23.4 Å². The van der Waals surface area contributed by atoms with Gasteiger partial charge in [-0.25, -0.2) is 0 Å². The second-order valence-corrected chi connectivity index (χ2v) is 4.89. The fraction of sp³-hybridized carbons (Fsp3) is 0.417. The normalized spacial score (nSPS) is 10.1. The Hall–Kier alpha value is -0.670. The lowest BCUT2D eigenvalue weighted by molar-refractivity contribution is -0.120. The molecule has 0 aromatic heterocycles. The van der Waals surface area contributed by atoms with Gasteiger partial charge in [-0.1, -0.05) is 23.7 Å². The summed E-state index contributed by atoms with van der Waals surface area (Å²) >= 11 is 7.47. The third-order valence-electron chi connectivity index (χ3n) is 2.18. The fourth-order valence-electron chi connectivity index (χ4n) is 1.28. The number of carbonyl (C=O) groups is 1. The number of hydrogen-bond donors (Lipinski definition) is 1. The van der Waals surface area contributed by atoms with Gasteiger partial charge in [0.05, 0.1) is 0 Å². The molecule has 0 spiro atoms. The molecular weight excluding hydrogens is 242 g/mol. The van der Waals surface area contributed by atoms with Gasteiger partial charge in [-0.15, -0.1) is 0 Å². The predicted molar refractivity (Wildman–Crippen MR) is 71.2 cm³/mol. The van der Waals surface area contributed by atoms with Gasteiger partial charge in [-0.05, 0) is 30.4 Å². The minimum absolute atomic E-state index is 0.128. The molecule has 1 N–H and O–H groups in total. The number of nitrogens with one attached hydrogen (secondary N) is 1. The molecule has 1 aromatic rings. The second-order valence-electron chi connectivity index (χ2n) is 3.47. The van der Waals surface area contributed by atoms with Crippen molar-refractivity contribution in [2.45, 2.75) is 12.8 Å². The van der Waals surface area contributed by atoms with Crippen molar-refractivity contribution >= 4 is 29.3 Å².